The van der Waals surface area contributed by atoms with Gasteiger partial charge in [-0.1, -0.05) is 106 Å². The molecule has 0 spiro atoms. The van der Waals surface area contributed by atoms with Crippen LogP contribution in [0.2, 0.25) is 0 Å². The predicted molar refractivity (Wildman–Crippen MR) is 169 cm³/mol. The van der Waals surface area contributed by atoms with Gasteiger partial charge in [0, 0.05) is 0 Å². The van der Waals surface area contributed by atoms with Crippen LogP contribution in [0, 0.1) is 0 Å². The minimum Gasteiger partial charge on any atom is -0.487 e. The molecule has 0 saturated heterocycles. The van der Waals surface area contributed by atoms with Crippen molar-refractivity contribution in [1.82, 2.24) is 10.6 Å². The summed E-state index contributed by atoms with van der Waals surface area (Å²) in [5.74, 6) is 0.477. The van der Waals surface area contributed by atoms with Gasteiger partial charge in [0.25, 0.3) is 0 Å². The highest BCUT2D eigenvalue weighted by molar-refractivity contribution is 6.68. The van der Waals surface area contributed by atoms with E-state index in [0.717, 1.165) is 0 Å². The zero-order valence-corrected chi connectivity index (χ0v) is 27.4. The molecule has 1 aliphatic rings. The number of hydrogen-bond donors (Lipinski definition) is 2. The zero-order valence-electron chi connectivity index (χ0n) is 22.9. The maximum Gasteiger partial charge on any atom is 0.415 e. The van der Waals surface area contributed by atoms with Crippen molar-refractivity contribution in [2.75, 3.05) is 26.4 Å². The molecule has 1 heterocycles. The third kappa shape index (κ3) is 10.8. The molecule has 11 nitrogen and oxygen atoms in total. The van der Waals surface area contributed by atoms with Crippen LogP contribution >= 0.6 is 69.6 Å². The standard InChI is InChI=1S/C28H24Cl6N2O9/c29-27(30,31)23-35-25(37)44-19-9-3-1-7-17(19)40-15-13-39-14-16-41-18-8-2-4-10-20(18)45-26(38)36-24(28(32,33)34)43-22-12-6-5-11-21(22)42-23/h1-12,23-24H,13-16H2,(H,35,37)(H,36,38)/t23-,24-/m1/s1. The van der Waals surface area contributed by atoms with Crippen LogP contribution in [-0.2, 0) is 4.74 Å². The fourth-order valence-electron chi connectivity index (χ4n) is 3.56. The number of halogens is 6. The Labute approximate surface area is 287 Å². The Balaban J connectivity index is 1.64. The smallest absolute Gasteiger partial charge is 0.415 e. The summed E-state index contributed by atoms with van der Waals surface area (Å²) in [4.78, 5) is 25.8. The Morgan fingerprint density at radius 1 is 0.511 bits per heavy atom. The largest absolute Gasteiger partial charge is 0.487 e. The highest BCUT2D eigenvalue weighted by atomic mass is 35.6. The number of para-hydroxylation sites is 6. The van der Waals surface area contributed by atoms with E-state index in [9.17, 15) is 9.59 Å². The first kappa shape index (κ1) is 35.0. The zero-order chi connectivity index (χ0) is 32.5. The number of rotatable bonds is 0. The van der Waals surface area contributed by atoms with E-state index in [0.29, 0.717) is 0 Å². The number of hydrogen-bond acceptors (Lipinski definition) is 9. The van der Waals surface area contributed by atoms with Gasteiger partial charge in [-0.25, -0.2) is 9.59 Å². The Bertz CT molecular complexity index is 1350. The molecule has 3 aromatic rings. The van der Waals surface area contributed by atoms with E-state index >= 15 is 0 Å². The third-order valence-electron chi connectivity index (χ3n) is 5.51. The van der Waals surface area contributed by atoms with Gasteiger partial charge in [0.05, 0.1) is 13.2 Å². The number of amides is 2. The number of ether oxygens (including phenoxy) is 7. The van der Waals surface area contributed by atoms with Gasteiger partial charge in [0.15, 0.2) is 34.5 Å². The van der Waals surface area contributed by atoms with E-state index in [1.54, 1.807) is 48.5 Å². The van der Waals surface area contributed by atoms with Crippen molar-refractivity contribution < 1.29 is 42.7 Å². The topological polar surface area (TPSA) is 123 Å². The lowest BCUT2D eigenvalue weighted by Crippen LogP contribution is -2.50. The molecule has 0 fully saturated rings. The van der Waals surface area contributed by atoms with Gasteiger partial charge in [0.2, 0.25) is 20.0 Å². The minimum atomic E-state index is -2.22. The molecule has 242 valence electrons. The summed E-state index contributed by atoms with van der Waals surface area (Å²) in [6.07, 6.45) is -5.36. The lowest BCUT2D eigenvalue weighted by molar-refractivity contribution is 0.0749. The molecule has 0 unspecified atom stereocenters. The molecule has 0 aromatic heterocycles. The van der Waals surface area contributed by atoms with Crippen LogP contribution in [0.1, 0.15) is 0 Å². The molecular weight excluding hydrogens is 721 g/mol. The Morgan fingerprint density at radius 3 is 1.20 bits per heavy atom. The van der Waals surface area contributed by atoms with Crippen molar-refractivity contribution in [3.05, 3.63) is 72.8 Å². The van der Waals surface area contributed by atoms with Gasteiger partial charge in [-0.3, -0.25) is 10.6 Å². The average molecular weight is 745 g/mol. The first-order valence-electron chi connectivity index (χ1n) is 12.9. The van der Waals surface area contributed by atoms with Crippen molar-refractivity contribution >= 4 is 81.8 Å². The molecule has 0 aliphatic carbocycles. The SMILES string of the molecule is O=C1N[C@@H](C(Cl)(Cl)Cl)Oc2ccccc2O[C@H](C(Cl)(Cl)Cl)NC(=O)Oc2ccccc2OCCOCCOc2ccccc2O1. The summed E-state index contributed by atoms with van der Waals surface area (Å²) in [5, 5.41) is 4.69. The number of fused-ring (bicyclic) bond motifs is 3. The van der Waals surface area contributed by atoms with Crippen molar-refractivity contribution in [2.45, 2.75) is 20.0 Å². The minimum absolute atomic E-state index is 0.0707. The second kappa shape index (κ2) is 16.1. The monoisotopic (exact) mass is 742 g/mol. The second-order valence-electron chi connectivity index (χ2n) is 8.80. The van der Waals surface area contributed by atoms with Crippen LogP contribution in [0.3, 0.4) is 0 Å². The highest BCUT2D eigenvalue weighted by Crippen LogP contribution is 2.38. The van der Waals surface area contributed by atoms with E-state index in [1.165, 1.54) is 24.3 Å². The number of carbonyl (C=O) groups is 2. The van der Waals surface area contributed by atoms with Crippen LogP contribution in [-0.4, -0.2) is 58.7 Å². The van der Waals surface area contributed by atoms with E-state index in [4.69, 9.17) is 103 Å². The molecule has 45 heavy (non-hydrogen) atoms. The van der Waals surface area contributed by atoms with Crippen LogP contribution in [0.25, 0.3) is 0 Å². The fourth-order valence-corrected chi connectivity index (χ4v) is 4.15. The van der Waals surface area contributed by atoms with E-state index in [-0.39, 0.29) is 60.9 Å². The summed E-state index contributed by atoms with van der Waals surface area (Å²) in [6, 6.07) is 18.8. The summed E-state index contributed by atoms with van der Waals surface area (Å²) in [6.45, 7) is 0.572. The van der Waals surface area contributed by atoms with Gasteiger partial charge >= 0.3 is 12.2 Å². The molecule has 1 aliphatic heterocycles. The highest BCUT2D eigenvalue weighted by Gasteiger charge is 2.40. The Kier molecular flexibility index (Phi) is 12.5. The first-order valence-corrected chi connectivity index (χ1v) is 15.2. The van der Waals surface area contributed by atoms with Gasteiger partial charge in [-0.2, -0.15) is 0 Å². The van der Waals surface area contributed by atoms with Crippen LogP contribution < -0.4 is 39.1 Å². The number of alkyl halides is 6. The normalized spacial score (nSPS) is 19.1. The van der Waals surface area contributed by atoms with Gasteiger partial charge in [-0.05, 0) is 36.4 Å². The summed E-state index contributed by atoms with van der Waals surface area (Å²) in [7, 11) is 0. The molecule has 2 amide bonds. The van der Waals surface area contributed by atoms with Crippen molar-refractivity contribution in [3.8, 4) is 34.5 Å². The van der Waals surface area contributed by atoms with Gasteiger partial charge in [0.1, 0.15) is 13.2 Å². The number of carbonyl (C=O) groups excluding carboxylic acids is 2. The third-order valence-corrected chi connectivity index (χ3v) is 6.69. The maximum atomic E-state index is 12.9. The van der Waals surface area contributed by atoms with Crippen molar-refractivity contribution in [1.29, 1.82) is 0 Å². The lowest BCUT2D eigenvalue weighted by Gasteiger charge is -2.29. The molecule has 2 N–H and O–H groups in total. The van der Waals surface area contributed by atoms with Crippen LogP contribution in [0.5, 0.6) is 34.5 Å². The van der Waals surface area contributed by atoms with E-state index in [1.807, 2.05) is 0 Å². The predicted octanol–water partition coefficient (Wildman–Crippen LogP) is 7.20. The molecule has 4 rings (SSSR count). The van der Waals surface area contributed by atoms with Crippen LogP contribution in [0.4, 0.5) is 9.59 Å². The molecule has 17 heteroatoms. The molecular formula is C28H24Cl6N2O9. The van der Waals surface area contributed by atoms with Crippen molar-refractivity contribution in [3.63, 3.8) is 0 Å². The second-order valence-corrected chi connectivity index (χ2v) is 13.5. The van der Waals surface area contributed by atoms with Crippen molar-refractivity contribution in [2.24, 2.45) is 0 Å². The Hall–Kier alpha value is -2.90. The molecule has 0 saturated carbocycles. The van der Waals surface area contributed by atoms with Gasteiger partial charge in [-0.15, -0.1) is 0 Å². The van der Waals surface area contributed by atoms with Crippen LogP contribution in [0.15, 0.2) is 72.8 Å². The number of nitrogens with one attached hydrogen (secondary N) is 2. The maximum absolute atomic E-state index is 12.9. The van der Waals surface area contributed by atoms with Gasteiger partial charge < -0.3 is 33.2 Å². The molecule has 3 aromatic carbocycles. The lowest BCUT2D eigenvalue weighted by atomic mass is 10.3. The molecule has 0 radical (unpaired) electrons. The summed E-state index contributed by atoms with van der Waals surface area (Å²) in [5.41, 5.74) is 0. The quantitative estimate of drug-likeness (QED) is 0.230. The van der Waals surface area contributed by atoms with E-state index < -0.39 is 32.2 Å². The van der Waals surface area contributed by atoms with E-state index in [2.05, 4.69) is 10.6 Å². The molecule has 0 bridgehead atoms. The summed E-state index contributed by atoms with van der Waals surface area (Å²) < 4.78 is 35.0. The first-order chi connectivity index (χ1) is 21.4. The summed E-state index contributed by atoms with van der Waals surface area (Å²) >= 11 is 36.8. The molecule has 2 atom stereocenters. The number of benzene rings is 3. The fraction of sp³-hybridized carbons (Fsp3) is 0.286. The Morgan fingerprint density at radius 2 is 0.844 bits per heavy atom. The average Bonchev–Trinajstić information content (AvgIpc) is 2.97.